The smallest absolute Gasteiger partial charge is 0.306 e. The molecule has 2 rings (SSSR count). The molecule has 0 saturated heterocycles. The van der Waals surface area contributed by atoms with Crippen LogP contribution in [-0.2, 0) is 11.3 Å². The Morgan fingerprint density at radius 1 is 1.33 bits per heavy atom. The van der Waals surface area contributed by atoms with Gasteiger partial charge in [-0.15, -0.1) is 0 Å². The highest BCUT2D eigenvalue weighted by Gasteiger charge is 2.17. The van der Waals surface area contributed by atoms with Gasteiger partial charge in [-0.05, 0) is 11.5 Å². The zero-order chi connectivity index (χ0) is 17.5. The SMILES string of the molecule is CC(C)C(CNC(=O)CCn1cc([N+](=O)[O-])cn1)c1ccccc1. The Hall–Kier alpha value is -2.70. The lowest BCUT2D eigenvalue weighted by Crippen LogP contribution is -2.31. The normalized spacial score (nSPS) is 12.1. The van der Waals surface area contributed by atoms with Gasteiger partial charge >= 0.3 is 5.69 Å². The molecule has 0 bridgehead atoms. The number of benzene rings is 1. The maximum absolute atomic E-state index is 12.0. The third-order valence-corrected chi connectivity index (χ3v) is 3.95. The van der Waals surface area contributed by atoms with Crippen molar-refractivity contribution < 1.29 is 9.72 Å². The molecular formula is C17H22N4O3. The third-order valence-electron chi connectivity index (χ3n) is 3.95. The van der Waals surface area contributed by atoms with Crippen molar-refractivity contribution in [2.24, 2.45) is 5.92 Å². The van der Waals surface area contributed by atoms with Crippen LogP contribution in [0, 0.1) is 16.0 Å². The van der Waals surface area contributed by atoms with Crippen molar-refractivity contribution in [1.82, 2.24) is 15.1 Å². The first-order valence-electron chi connectivity index (χ1n) is 7.96. The van der Waals surface area contributed by atoms with E-state index in [9.17, 15) is 14.9 Å². The molecule has 1 N–H and O–H groups in total. The van der Waals surface area contributed by atoms with Crippen LogP contribution in [0.2, 0.25) is 0 Å². The fourth-order valence-corrected chi connectivity index (χ4v) is 2.54. The molecule has 0 aliphatic heterocycles. The van der Waals surface area contributed by atoms with E-state index in [-0.39, 0.29) is 23.9 Å². The molecule has 0 aliphatic rings. The Morgan fingerprint density at radius 3 is 2.62 bits per heavy atom. The average molecular weight is 330 g/mol. The summed E-state index contributed by atoms with van der Waals surface area (Å²) in [7, 11) is 0. The van der Waals surface area contributed by atoms with Gasteiger partial charge in [0.2, 0.25) is 5.91 Å². The molecule has 1 aromatic heterocycles. The quantitative estimate of drug-likeness (QED) is 0.595. The Morgan fingerprint density at radius 2 is 2.04 bits per heavy atom. The molecular weight excluding hydrogens is 308 g/mol. The van der Waals surface area contributed by atoms with Crippen LogP contribution in [0.5, 0.6) is 0 Å². The number of aryl methyl sites for hydroxylation is 1. The maximum Gasteiger partial charge on any atom is 0.306 e. The maximum atomic E-state index is 12.0. The second kappa shape index (κ2) is 8.24. The van der Waals surface area contributed by atoms with Gasteiger partial charge in [-0.3, -0.25) is 19.6 Å². The van der Waals surface area contributed by atoms with Gasteiger partial charge in [0.15, 0.2) is 0 Å². The van der Waals surface area contributed by atoms with E-state index in [1.165, 1.54) is 22.6 Å². The number of nitrogens with one attached hydrogen (secondary N) is 1. The molecule has 128 valence electrons. The minimum absolute atomic E-state index is 0.0700. The van der Waals surface area contributed by atoms with Gasteiger partial charge in [-0.1, -0.05) is 44.2 Å². The van der Waals surface area contributed by atoms with Crippen molar-refractivity contribution in [3.05, 3.63) is 58.4 Å². The molecule has 2 aromatic rings. The van der Waals surface area contributed by atoms with Gasteiger partial charge < -0.3 is 5.32 Å². The minimum Gasteiger partial charge on any atom is -0.355 e. The molecule has 24 heavy (non-hydrogen) atoms. The summed E-state index contributed by atoms with van der Waals surface area (Å²) in [5, 5.41) is 17.4. The molecule has 0 fully saturated rings. The highest BCUT2D eigenvalue weighted by atomic mass is 16.6. The van der Waals surface area contributed by atoms with E-state index in [4.69, 9.17) is 0 Å². The van der Waals surface area contributed by atoms with E-state index in [0.717, 1.165) is 0 Å². The lowest BCUT2D eigenvalue weighted by atomic mass is 9.88. The van der Waals surface area contributed by atoms with Crippen molar-refractivity contribution in [2.75, 3.05) is 6.54 Å². The monoisotopic (exact) mass is 330 g/mol. The van der Waals surface area contributed by atoms with Crippen molar-refractivity contribution in [2.45, 2.75) is 32.7 Å². The lowest BCUT2D eigenvalue weighted by molar-refractivity contribution is -0.385. The van der Waals surface area contributed by atoms with Gasteiger partial charge in [0.25, 0.3) is 0 Å². The third kappa shape index (κ3) is 4.91. The van der Waals surface area contributed by atoms with E-state index >= 15 is 0 Å². The Kier molecular flexibility index (Phi) is 6.06. The first-order chi connectivity index (χ1) is 11.5. The molecule has 0 spiro atoms. The second-order valence-electron chi connectivity index (χ2n) is 6.03. The Bertz CT molecular complexity index is 682. The fourth-order valence-electron chi connectivity index (χ4n) is 2.54. The number of carbonyl (C=O) groups excluding carboxylic acids is 1. The zero-order valence-electron chi connectivity index (χ0n) is 13.9. The predicted molar refractivity (Wildman–Crippen MR) is 90.5 cm³/mol. The van der Waals surface area contributed by atoms with Crippen LogP contribution in [0.1, 0.15) is 31.7 Å². The average Bonchev–Trinajstić information content (AvgIpc) is 3.03. The van der Waals surface area contributed by atoms with Gasteiger partial charge in [-0.25, -0.2) is 0 Å². The van der Waals surface area contributed by atoms with E-state index in [0.29, 0.717) is 19.0 Å². The van der Waals surface area contributed by atoms with E-state index in [1.807, 2.05) is 18.2 Å². The summed E-state index contributed by atoms with van der Waals surface area (Å²) in [6.45, 7) is 5.15. The van der Waals surface area contributed by atoms with Gasteiger partial charge in [0.1, 0.15) is 12.4 Å². The summed E-state index contributed by atoms with van der Waals surface area (Å²) < 4.78 is 1.41. The standard InChI is InChI=1S/C17H22N4O3/c1-13(2)16(14-6-4-3-5-7-14)11-18-17(22)8-9-20-12-15(10-19-20)21(23)24/h3-7,10,12-13,16H,8-9,11H2,1-2H3,(H,18,22). The van der Waals surface area contributed by atoms with Crippen molar-refractivity contribution >= 4 is 11.6 Å². The zero-order valence-corrected chi connectivity index (χ0v) is 13.9. The minimum atomic E-state index is -0.503. The topological polar surface area (TPSA) is 90.1 Å². The van der Waals surface area contributed by atoms with Crippen LogP contribution >= 0.6 is 0 Å². The number of aromatic nitrogens is 2. The van der Waals surface area contributed by atoms with E-state index in [1.54, 1.807) is 0 Å². The largest absolute Gasteiger partial charge is 0.355 e. The van der Waals surface area contributed by atoms with Crippen LogP contribution in [0.4, 0.5) is 5.69 Å². The summed E-state index contributed by atoms with van der Waals surface area (Å²) in [6.07, 6.45) is 2.74. The lowest BCUT2D eigenvalue weighted by Gasteiger charge is -2.22. The molecule has 7 heteroatoms. The Balaban J connectivity index is 1.83. The van der Waals surface area contributed by atoms with Crippen molar-refractivity contribution in [3.63, 3.8) is 0 Å². The molecule has 7 nitrogen and oxygen atoms in total. The van der Waals surface area contributed by atoms with E-state index < -0.39 is 4.92 Å². The van der Waals surface area contributed by atoms with Crippen LogP contribution in [0.15, 0.2) is 42.7 Å². The number of hydrogen-bond donors (Lipinski definition) is 1. The summed E-state index contributed by atoms with van der Waals surface area (Å²) >= 11 is 0. The first-order valence-corrected chi connectivity index (χ1v) is 7.96. The highest BCUT2D eigenvalue weighted by Crippen LogP contribution is 2.23. The molecule has 1 atom stereocenters. The van der Waals surface area contributed by atoms with Crippen molar-refractivity contribution in [3.8, 4) is 0 Å². The number of nitrogens with zero attached hydrogens (tertiary/aromatic N) is 3. The van der Waals surface area contributed by atoms with Gasteiger partial charge in [0, 0.05) is 25.4 Å². The van der Waals surface area contributed by atoms with Crippen LogP contribution in [0.3, 0.4) is 0 Å². The molecule has 0 radical (unpaired) electrons. The number of rotatable bonds is 8. The van der Waals surface area contributed by atoms with Gasteiger partial charge in [-0.2, -0.15) is 5.10 Å². The molecule has 0 saturated carbocycles. The predicted octanol–water partition coefficient (Wildman–Crippen LogP) is 2.74. The Labute approximate surface area is 140 Å². The summed E-state index contributed by atoms with van der Waals surface area (Å²) in [4.78, 5) is 22.1. The molecule has 1 heterocycles. The molecule has 1 aromatic carbocycles. The number of nitro groups is 1. The first kappa shape index (κ1) is 17.7. The van der Waals surface area contributed by atoms with Crippen LogP contribution < -0.4 is 5.32 Å². The van der Waals surface area contributed by atoms with E-state index in [2.05, 4.69) is 36.4 Å². The van der Waals surface area contributed by atoms with Crippen LogP contribution in [-0.4, -0.2) is 27.2 Å². The summed E-state index contributed by atoms with van der Waals surface area (Å²) in [6, 6.07) is 10.1. The molecule has 0 aliphatic carbocycles. The number of hydrogen-bond acceptors (Lipinski definition) is 4. The summed E-state index contributed by atoms with van der Waals surface area (Å²) in [5.41, 5.74) is 1.13. The number of amides is 1. The second-order valence-corrected chi connectivity index (χ2v) is 6.03. The summed E-state index contributed by atoms with van der Waals surface area (Å²) in [5.74, 6) is 0.567. The van der Waals surface area contributed by atoms with Crippen molar-refractivity contribution in [1.29, 1.82) is 0 Å². The molecule has 1 unspecified atom stereocenters. The van der Waals surface area contributed by atoms with Gasteiger partial charge in [0.05, 0.1) is 4.92 Å². The molecule has 1 amide bonds. The fraction of sp³-hybridized carbons (Fsp3) is 0.412. The highest BCUT2D eigenvalue weighted by molar-refractivity contribution is 5.75. The van der Waals surface area contributed by atoms with Crippen LogP contribution in [0.25, 0.3) is 0 Å². The number of carbonyl (C=O) groups is 1.